The van der Waals surface area contributed by atoms with Gasteiger partial charge in [0.05, 0.1) is 0 Å². The molecule has 23 heavy (non-hydrogen) atoms. The van der Waals surface area contributed by atoms with Crippen molar-refractivity contribution in [3.63, 3.8) is 0 Å². The van der Waals surface area contributed by atoms with E-state index in [2.05, 4.69) is 42.3 Å². The van der Waals surface area contributed by atoms with Gasteiger partial charge in [-0.3, -0.25) is 0 Å². The van der Waals surface area contributed by atoms with Crippen molar-refractivity contribution in [2.75, 3.05) is 5.32 Å². The van der Waals surface area contributed by atoms with Gasteiger partial charge in [-0.25, -0.2) is 0 Å². The molecule has 0 saturated carbocycles. The number of aryl methyl sites for hydroxylation is 1. The summed E-state index contributed by atoms with van der Waals surface area (Å²) in [6.07, 6.45) is 0. The van der Waals surface area contributed by atoms with Crippen LogP contribution in [0.1, 0.15) is 5.56 Å². The van der Waals surface area contributed by atoms with Gasteiger partial charge in [-0.05, 0) is 0 Å². The molecule has 0 unspecified atom stereocenters. The van der Waals surface area contributed by atoms with Crippen LogP contribution < -0.4 is 10.9 Å². The fourth-order valence-corrected chi connectivity index (χ4v) is 2.92. The summed E-state index contributed by atoms with van der Waals surface area (Å²) in [6.45, 7) is 1.89. The van der Waals surface area contributed by atoms with Crippen LogP contribution in [0.25, 0.3) is 11.0 Å². The number of hydrogen-bond acceptors (Lipinski definition) is 3. The van der Waals surface area contributed by atoms with Gasteiger partial charge < -0.3 is 0 Å². The number of benzene rings is 2. The van der Waals surface area contributed by atoms with E-state index in [-0.39, 0.29) is 5.63 Å². The average molecular weight is 435 g/mol. The monoisotopic (exact) mass is 435 g/mol. The first-order chi connectivity index (χ1) is 11.0. The summed E-state index contributed by atoms with van der Waals surface area (Å²) in [6, 6.07) is 14.8. The van der Waals surface area contributed by atoms with Gasteiger partial charge in [0.15, 0.2) is 0 Å². The minimum atomic E-state index is -0.348. The summed E-state index contributed by atoms with van der Waals surface area (Å²) >= 11 is 6.29. The second kappa shape index (κ2) is 6.71. The topological polar surface area (TPSA) is 54.6 Å². The summed E-state index contributed by atoms with van der Waals surface area (Å²) in [5.41, 5.74) is 2.73. The third-order valence-electron chi connectivity index (χ3n) is 3.26. The normalized spacial score (nSPS) is 11.7. The van der Waals surface area contributed by atoms with Crippen LogP contribution in [0.5, 0.6) is 0 Å². The maximum absolute atomic E-state index is 11.5. The summed E-state index contributed by atoms with van der Waals surface area (Å²) in [7, 11) is 0. The number of fused-ring (bicyclic) bond motifs is 1. The SMILES string of the molecule is Cc1cc(=O)oc2cc(NC([Se])=Nc3ccc(Br)cc3)ccc12. The van der Waals surface area contributed by atoms with Crippen molar-refractivity contribution in [2.24, 2.45) is 4.99 Å². The number of anilines is 1. The predicted molar refractivity (Wildman–Crippen MR) is 97.8 cm³/mol. The fourth-order valence-electron chi connectivity index (χ4n) is 2.19. The van der Waals surface area contributed by atoms with E-state index in [9.17, 15) is 4.79 Å². The Morgan fingerprint density at radius 3 is 2.65 bits per heavy atom. The molecule has 2 aromatic carbocycles. The molecule has 0 aliphatic heterocycles. The van der Waals surface area contributed by atoms with Crippen LogP contribution in [0, 0.1) is 6.92 Å². The molecular weight excluding hydrogens is 423 g/mol. The first-order valence-corrected chi connectivity index (χ1v) is 8.49. The Kier molecular flexibility index (Phi) is 4.66. The second-order valence-electron chi connectivity index (χ2n) is 4.98. The third-order valence-corrected chi connectivity index (χ3v) is 4.19. The second-order valence-corrected chi connectivity index (χ2v) is 6.70. The Morgan fingerprint density at radius 1 is 1.17 bits per heavy atom. The molecule has 4 nitrogen and oxygen atoms in total. The third kappa shape index (κ3) is 3.91. The molecule has 0 fully saturated rings. The van der Waals surface area contributed by atoms with Crippen molar-refractivity contribution >= 4 is 59.0 Å². The van der Waals surface area contributed by atoms with Crippen molar-refractivity contribution in [1.29, 1.82) is 0 Å². The van der Waals surface area contributed by atoms with Gasteiger partial charge in [0, 0.05) is 0 Å². The minimum absolute atomic E-state index is 0.348. The van der Waals surface area contributed by atoms with Crippen molar-refractivity contribution in [3.05, 3.63) is 69.0 Å². The van der Waals surface area contributed by atoms with Crippen LogP contribution in [0.15, 0.2) is 67.2 Å². The van der Waals surface area contributed by atoms with Crippen molar-refractivity contribution < 1.29 is 4.42 Å². The Hall–Kier alpha value is -1.88. The molecule has 0 bridgehead atoms. The Balaban J connectivity index is 1.88. The number of halogens is 1. The molecule has 3 rings (SSSR count). The first-order valence-electron chi connectivity index (χ1n) is 6.84. The van der Waals surface area contributed by atoms with Crippen LogP contribution >= 0.6 is 15.9 Å². The molecule has 1 aromatic heterocycles. The molecule has 1 heterocycles. The molecule has 1 N–H and O–H groups in total. The van der Waals surface area contributed by atoms with Crippen molar-refractivity contribution in [1.82, 2.24) is 0 Å². The molecule has 3 aromatic rings. The van der Waals surface area contributed by atoms with Gasteiger partial charge in [-0.2, -0.15) is 0 Å². The molecule has 0 atom stereocenters. The maximum atomic E-state index is 11.5. The molecule has 0 amide bonds. The van der Waals surface area contributed by atoms with E-state index < -0.39 is 0 Å². The fraction of sp³-hybridized carbons (Fsp3) is 0.0588. The predicted octanol–water partition coefficient (Wildman–Crippen LogP) is 4.13. The number of aliphatic imine (C=N–C) groups is 1. The Labute approximate surface area is 149 Å². The van der Waals surface area contributed by atoms with E-state index >= 15 is 0 Å². The van der Waals surface area contributed by atoms with Crippen LogP contribution in [0.4, 0.5) is 11.4 Å². The summed E-state index contributed by atoms with van der Waals surface area (Å²) in [5.74, 6) is 0. The Bertz CT molecular complexity index is 949. The number of rotatable bonds is 2. The van der Waals surface area contributed by atoms with E-state index in [0.29, 0.717) is 10.3 Å². The standard InChI is InChI=1S/C17H12BrN2O2Se/c1-10-8-16(21)22-15-9-13(6-7-14(10)15)20-17(23)19-12-4-2-11(18)3-5-12/h2-9H,1H3,(H,19,20). The molecule has 115 valence electrons. The number of nitrogens with zero attached hydrogens (tertiary/aromatic N) is 1. The molecule has 0 saturated heterocycles. The molecule has 0 aliphatic rings. The van der Waals surface area contributed by atoms with Crippen LogP contribution in [0.2, 0.25) is 0 Å². The number of hydrogen-bond donors (Lipinski definition) is 1. The van der Waals surface area contributed by atoms with E-state index in [1.807, 2.05) is 43.3 Å². The summed E-state index contributed by atoms with van der Waals surface area (Å²) in [5, 5.41) is 4.07. The van der Waals surface area contributed by atoms with Gasteiger partial charge in [0.1, 0.15) is 0 Å². The number of amidine groups is 1. The zero-order chi connectivity index (χ0) is 16.4. The van der Waals surface area contributed by atoms with Crippen LogP contribution in [-0.2, 0) is 0 Å². The summed E-state index contributed by atoms with van der Waals surface area (Å²) < 4.78 is 6.88. The van der Waals surface area contributed by atoms with E-state index in [1.54, 1.807) is 6.07 Å². The first kappa shape index (κ1) is 16.0. The molecule has 6 heteroatoms. The van der Waals surface area contributed by atoms with Crippen LogP contribution in [0.3, 0.4) is 0 Å². The van der Waals surface area contributed by atoms with Crippen molar-refractivity contribution in [3.8, 4) is 0 Å². The van der Waals surface area contributed by atoms with Gasteiger partial charge >= 0.3 is 150 Å². The van der Waals surface area contributed by atoms with Crippen LogP contribution in [-0.4, -0.2) is 20.7 Å². The summed E-state index contributed by atoms with van der Waals surface area (Å²) in [4.78, 5) is 15.9. The van der Waals surface area contributed by atoms with E-state index in [1.165, 1.54) is 6.07 Å². The number of nitrogens with one attached hydrogen (secondary N) is 1. The zero-order valence-electron chi connectivity index (χ0n) is 12.2. The van der Waals surface area contributed by atoms with Gasteiger partial charge in [0.25, 0.3) is 0 Å². The quantitative estimate of drug-likeness (QED) is 0.285. The van der Waals surface area contributed by atoms with E-state index in [0.717, 1.165) is 26.8 Å². The van der Waals surface area contributed by atoms with Crippen molar-refractivity contribution in [2.45, 2.75) is 6.92 Å². The Morgan fingerprint density at radius 2 is 1.91 bits per heavy atom. The molecule has 0 spiro atoms. The zero-order valence-corrected chi connectivity index (χ0v) is 15.5. The molecular formula is C17H12BrN2O2Se. The van der Waals surface area contributed by atoms with Gasteiger partial charge in [-0.15, -0.1) is 0 Å². The average Bonchev–Trinajstić information content (AvgIpc) is 2.49. The van der Waals surface area contributed by atoms with E-state index in [4.69, 9.17) is 4.42 Å². The van der Waals surface area contributed by atoms with Gasteiger partial charge in [-0.1, -0.05) is 0 Å². The molecule has 0 aliphatic carbocycles. The van der Waals surface area contributed by atoms with Gasteiger partial charge in [0.2, 0.25) is 0 Å². The molecule has 1 radical (unpaired) electrons.